The lowest BCUT2D eigenvalue weighted by atomic mass is 9.89. The standard InChI is InChI=1S/C50H77N7O15/c1-17-36(60)54-37(41(61)25(2)3)48(66)72-43-27(6)23-34(45(63)55(13)28(7)30(9)58)53-44(62)29(8)56(14)46(64)35(24-33-21-19-18-20-22-33)70-49(67)39(52-32(11)59)42(26(4)5)71-50(68)40(31(10)69-16)57(15)47(65)38(43)51-12/h18-22,25-28,31,34-35,37-43,51,61H,8,17,23-24H2,1-7,9-16H3,(H,52,59)(H,53,62)(H,54,60)/t27?,28-,31-,34-,35+,37-,38?,39-,40-,41+,42?,43-/m0/s1. The molecule has 22 heteroatoms. The van der Waals surface area contributed by atoms with Crippen LogP contribution < -0.4 is 21.3 Å². The highest BCUT2D eigenvalue weighted by Gasteiger charge is 2.47. The summed E-state index contributed by atoms with van der Waals surface area (Å²) in [4.78, 5) is 143. The Morgan fingerprint density at radius 3 is 2.03 bits per heavy atom. The van der Waals surface area contributed by atoms with Crippen LogP contribution in [0.15, 0.2) is 42.6 Å². The van der Waals surface area contributed by atoms with Crippen molar-refractivity contribution in [1.82, 2.24) is 36.0 Å². The lowest BCUT2D eigenvalue weighted by Crippen LogP contribution is -2.62. The number of ether oxygens (including phenoxy) is 4. The fourth-order valence-electron chi connectivity index (χ4n) is 7.93. The van der Waals surface area contributed by atoms with Crippen LogP contribution in [0.25, 0.3) is 0 Å². The number of carbonyl (C=O) groups is 10. The maximum Gasteiger partial charge on any atom is 0.333 e. The largest absolute Gasteiger partial charge is 0.458 e. The van der Waals surface area contributed by atoms with Gasteiger partial charge in [0.25, 0.3) is 11.8 Å². The van der Waals surface area contributed by atoms with Crippen LogP contribution >= 0.6 is 0 Å². The molecule has 5 N–H and O–H groups in total. The van der Waals surface area contributed by atoms with Gasteiger partial charge in [0, 0.05) is 48.0 Å². The third-order valence-electron chi connectivity index (χ3n) is 12.8. The fraction of sp³-hybridized carbons (Fsp3) is 0.640. The summed E-state index contributed by atoms with van der Waals surface area (Å²) < 4.78 is 23.6. The van der Waals surface area contributed by atoms with E-state index in [9.17, 15) is 48.3 Å². The van der Waals surface area contributed by atoms with Crippen molar-refractivity contribution in [2.75, 3.05) is 35.3 Å². The number of methoxy groups -OCH3 is 1. The number of aliphatic hydroxyl groups is 1. The van der Waals surface area contributed by atoms with Crippen molar-refractivity contribution in [2.24, 2.45) is 17.8 Å². The van der Waals surface area contributed by atoms with Gasteiger partial charge in [0.15, 0.2) is 30.0 Å². The lowest BCUT2D eigenvalue weighted by molar-refractivity contribution is -0.177. The van der Waals surface area contributed by atoms with E-state index in [1.807, 2.05) is 0 Å². The van der Waals surface area contributed by atoms with E-state index in [2.05, 4.69) is 27.8 Å². The molecule has 0 radical (unpaired) electrons. The van der Waals surface area contributed by atoms with E-state index in [-0.39, 0.29) is 12.8 Å². The molecule has 1 aromatic carbocycles. The second-order valence-corrected chi connectivity index (χ2v) is 18.9. The van der Waals surface area contributed by atoms with Crippen LogP contribution in [0.1, 0.15) is 87.6 Å². The summed E-state index contributed by atoms with van der Waals surface area (Å²) in [6.45, 7) is 18.5. The normalized spacial score (nSPS) is 25.0. The van der Waals surface area contributed by atoms with Gasteiger partial charge in [-0.3, -0.25) is 33.6 Å². The molecule has 1 aromatic rings. The molecule has 6 amide bonds. The average Bonchev–Trinajstić information content (AvgIpc) is 3.33. The van der Waals surface area contributed by atoms with E-state index in [0.29, 0.717) is 5.56 Å². The third-order valence-corrected chi connectivity index (χ3v) is 12.8. The molecule has 0 aromatic heterocycles. The van der Waals surface area contributed by atoms with Crippen molar-refractivity contribution in [2.45, 2.75) is 155 Å². The number of esters is 3. The zero-order chi connectivity index (χ0) is 55.1. The molecule has 1 aliphatic heterocycles. The topological polar surface area (TPSA) is 286 Å². The molecule has 0 aliphatic carbocycles. The second-order valence-electron chi connectivity index (χ2n) is 18.9. The van der Waals surface area contributed by atoms with Crippen molar-refractivity contribution >= 4 is 59.1 Å². The van der Waals surface area contributed by atoms with Gasteiger partial charge in [0.05, 0.1) is 18.2 Å². The Balaban J connectivity index is 3.11. The van der Waals surface area contributed by atoms with E-state index in [4.69, 9.17) is 18.9 Å². The van der Waals surface area contributed by atoms with E-state index >= 15 is 4.79 Å². The molecule has 0 spiro atoms. The van der Waals surface area contributed by atoms with E-state index in [1.165, 1.54) is 69.9 Å². The first-order chi connectivity index (χ1) is 33.6. The van der Waals surface area contributed by atoms with Crippen molar-refractivity contribution in [3.8, 4) is 0 Å². The molecule has 0 bridgehead atoms. The Morgan fingerprint density at radius 2 is 1.53 bits per heavy atom. The summed E-state index contributed by atoms with van der Waals surface area (Å²) in [7, 11) is 6.36. The molecule has 1 fully saturated rings. The van der Waals surface area contributed by atoms with Gasteiger partial charge in [0.1, 0.15) is 30.0 Å². The van der Waals surface area contributed by atoms with Crippen molar-refractivity contribution in [3.63, 3.8) is 0 Å². The van der Waals surface area contributed by atoms with Crippen LogP contribution in [0, 0.1) is 17.8 Å². The van der Waals surface area contributed by atoms with Crippen LogP contribution in [0.2, 0.25) is 0 Å². The molecule has 2 rings (SSSR count). The maximum absolute atomic E-state index is 15.0. The number of nitrogens with one attached hydrogen (secondary N) is 4. The number of hydrogen-bond acceptors (Lipinski definition) is 16. The SMILES string of the molecule is C=C1C(=O)N[C@H](C(=O)N(C)[C@@H](C)C(C)=O)CC(C)[C@H](OC(=O)[C@@H](NC(=O)CC)[C@H](O)C(C)C)C(NC)C(=O)N(C)[C@@H]([C@H](C)OC)C(=O)OC(C(C)C)[C@H](NC(C)=O)C(=O)O[C@H](Cc2ccccc2)C(=O)N1C. The number of rotatable bonds is 16. The average molecular weight is 1020 g/mol. The van der Waals surface area contributed by atoms with Gasteiger partial charge in [-0.2, -0.15) is 0 Å². The Hall–Kier alpha value is -6.26. The number of Topliss-reactive ketones (excluding diaryl/α,β-unsaturated/α-hetero) is 1. The summed E-state index contributed by atoms with van der Waals surface area (Å²) in [5, 5.41) is 21.6. The van der Waals surface area contributed by atoms with Crippen molar-refractivity contribution < 1.29 is 72.0 Å². The van der Waals surface area contributed by atoms with Gasteiger partial charge in [0.2, 0.25) is 23.6 Å². The number of ketones is 1. The van der Waals surface area contributed by atoms with Crippen molar-refractivity contribution in [1.29, 1.82) is 0 Å². The highest BCUT2D eigenvalue weighted by atomic mass is 16.6. The predicted molar refractivity (Wildman–Crippen MR) is 262 cm³/mol. The maximum atomic E-state index is 15.0. The lowest BCUT2D eigenvalue weighted by Gasteiger charge is -2.39. The van der Waals surface area contributed by atoms with Gasteiger partial charge in [-0.25, -0.2) is 14.4 Å². The molecule has 402 valence electrons. The third kappa shape index (κ3) is 16.4. The Morgan fingerprint density at radius 1 is 0.931 bits per heavy atom. The van der Waals surface area contributed by atoms with Gasteiger partial charge >= 0.3 is 17.9 Å². The Bertz CT molecular complexity index is 2120. The van der Waals surface area contributed by atoms with E-state index in [0.717, 1.165) is 21.6 Å². The molecule has 72 heavy (non-hydrogen) atoms. The van der Waals surface area contributed by atoms with Crippen molar-refractivity contribution in [3.05, 3.63) is 48.2 Å². The molecule has 3 unspecified atom stereocenters. The van der Waals surface area contributed by atoms with E-state index in [1.54, 1.807) is 58.0 Å². The molecule has 1 aliphatic rings. The first-order valence-corrected chi connectivity index (χ1v) is 24.0. The second kappa shape index (κ2) is 28.1. The molecular formula is C50H77N7O15. The monoisotopic (exact) mass is 1020 g/mol. The molecule has 12 atom stereocenters. The number of likely N-dealkylation sites (N-methyl/N-ethyl adjacent to an activating group) is 4. The number of carbonyl (C=O) groups excluding carboxylic acids is 10. The Kier molecular flexibility index (Phi) is 24.1. The molecular weight excluding hydrogens is 939 g/mol. The molecule has 22 nitrogen and oxygen atoms in total. The van der Waals surface area contributed by atoms with Crippen LogP contribution in [-0.4, -0.2) is 181 Å². The van der Waals surface area contributed by atoms with Crippen LogP contribution in [0.3, 0.4) is 0 Å². The van der Waals surface area contributed by atoms with Gasteiger partial charge in [-0.15, -0.1) is 0 Å². The van der Waals surface area contributed by atoms with Crippen LogP contribution in [-0.2, 0) is 73.3 Å². The van der Waals surface area contributed by atoms with Crippen LogP contribution in [0.5, 0.6) is 0 Å². The number of cyclic esters (lactones) is 2. The number of aliphatic hydroxyl groups excluding tert-OH is 1. The zero-order valence-electron chi connectivity index (χ0n) is 44.3. The Labute approximate surface area is 422 Å². The van der Waals surface area contributed by atoms with Gasteiger partial charge in [-0.05, 0) is 57.6 Å². The quantitative estimate of drug-likeness (QED) is 0.0852. The highest BCUT2D eigenvalue weighted by molar-refractivity contribution is 6.01. The van der Waals surface area contributed by atoms with Gasteiger partial charge < -0.3 is 60.0 Å². The van der Waals surface area contributed by atoms with Crippen LogP contribution in [0.4, 0.5) is 0 Å². The number of benzene rings is 1. The fourth-order valence-corrected chi connectivity index (χ4v) is 7.93. The first kappa shape index (κ1) is 61.9. The minimum Gasteiger partial charge on any atom is -0.458 e. The molecule has 0 saturated carbocycles. The summed E-state index contributed by atoms with van der Waals surface area (Å²) in [6.07, 6.45) is -8.24. The summed E-state index contributed by atoms with van der Waals surface area (Å²) in [5.41, 5.74) is -0.0178. The molecule has 1 saturated heterocycles. The number of amides is 6. The summed E-state index contributed by atoms with van der Waals surface area (Å²) in [5.74, 6) is -11.5. The highest BCUT2D eigenvalue weighted by Crippen LogP contribution is 2.26. The summed E-state index contributed by atoms with van der Waals surface area (Å²) in [6, 6.07) is -0.859. The number of nitrogens with zero attached hydrogens (tertiary/aromatic N) is 3. The number of hydrogen-bond donors (Lipinski definition) is 5. The predicted octanol–water partition coefficient (Wildman–Crippen LogP) is 0.419. The van der Waals surface area contributed by atoms with E-state index < -0.39 is 156 Å². The minimum absolute atomic E-state index is 0.0775. The van der Waals surface area contributed by atoms with Gasteiger partial charge in [-0.1, -0.05) is 78.5 Å². The minimum atomic E-state index is -1.75. The first-order valence-electron chi connectivity index (χ1n) is 24.0. The molecule has 1 heterocycles. The summed E-state index contributed by atoms with van der Waals surface area (Å²) >= 11 is 0. The smallest absolute Gasteiger partial charge is 0.333 e. The zero-order valence-corrected chi connectivity index (χ0v) is 44.3.